The SMILES string of the molecule is Cc1nn(-c2ccccc2)c(C)c1CC(=O)Nc1ccc(-c2nn[nH]n2)cc1. The van der Waals surface area contributed by atoms with Gasteiger partial charge >= 0.3 is 0 Å². The van der Waals surface area contributed by atoms with Crippen LogP contribution in [-0.2, 0) is 11.2 Å². The minimum atomic E-state index is -0.0916. The lowest BCUT2D eigenvalue weighted by molar-refractivity contribution is -0.115. The average molecular weight is 373 g/mol. The molecule has 0 atom stereocenters. The number of hydrogen-bond acceptors (Lipinski definition) is 5. The van der Waals surface area contributed by atoms with Crippen molar-refractivity contribution >= 4 is 11.6 Å². The van der Waals surface area contributed by atoms with Crippen molar-refractivity contribution in [2.45, 2.75) is 20.3 Å². The number of para-hydroxylation sites is 1. The van der Waals surface area contributed by atoms with Gasteiger partial charge in [-0.3, -0.25) is 4.79 Å². The molecule has 2 aromatic carbocycles. The molecular formula is C20H19N7O. The van der Waals surface area contributed by atoms with Gasteiger partial charge < -0.3 is 5.32 Å². The standard InChI is InChI=1S/C20H19N7O/c1-13-18(14(2)27(24-13)17-6-4-3-5-7-17)12-19(28)21-16-10-8-15(9-11-16)20-22-25-26-23-20/h3-11H,12H2,1-2H3,(H,21,28)(H,22,23,25,26). The van der Waals surface area contributed by atoms with Crippen LogP contribution in [0.15, 0.2) is 54.6 Å². The first-order chi connectivity index (χ1) is 13.6. The number of tetrazole rings is 1. The van der Waals surface area contributed by atoms with Crippen molar-refractivity contribution in [3.8, 4) is 17.1 Å². The van der Waals surface area contributed by atoms with Crippen LogP contribution in [0.5, 0.6) is 0 Å². The molecule has 4 aromatic rings. The number of aryl methyl sites for hydroxylation is 1. The number of H-pyrrole nitrogens is 1. The van der Waals surface area contributed by atoms with Crippen LogP contribution in [0, 0.1) is 13.8 Å². The summed E-state index contributed by atoms with van der Waals surface area (Å²) >= 11 is 0. The zero-order valence-electron chi connectivity index (χ0n) is 15.5. The number of amides is 1. The summed E-state index contributed by atoms with van der Waals surface area (Å²) in [6, 6.07) is 17.2. The Labute approximate surface area is 161 Å². The molecule has 0 aliphatic carbocycles. The highest BCUT2D eigenvalue weighted by Gasteiger charge is 2.16. The van der Waals surface area contributed by atoms with E-state index in [4.69, 9.17) is 0 Å². The fourth-order valence-electron chi connectivity index (χ4n) is 3.10. The van der Waals surface area contributed by atoms with Gasteiger partial charge in [-0.05, 0) is 55.5 Å². The van der Waals surface area contributed by atoms with E-state index in [9.17, 15) is 4.79 Å². The van der Waals surface area contributed by atoms with E-state index in [2.05, 4.69) is 31.0 Å². The quantitative estimate of drug-likeness (QED) is 0.560. The molecule has 0 saturated carbocycles. The molecule has 0 bridgehead atoms. The van der Waals surface area contributed by atoms with Gasteiger partial charge in [-0.15, -0.1) is 10.2 Å². The van der Waals surface area contributed by atoms with Crippen LogP contribution in [0.4, 0.5) is 5.69 Å². The summed E-state index contributed by atoms with van der Waals surface area (Å²) in [5, 5.41) is 21.4. The predicted molar refractivity (Wildman–Crippen MR) is 105 cm³/mol. The van der Waals surface area contributed by atoms with Crippen LogP contribution in [0.1, 0.15) is 17.0 Å². The molecule has 4 rings (SSSR count). The van der Waals surface area contributed by atoms with Gasteiger partial charge in [0, 0.05) is 22.5 Å². The Morgan fingerprint density at radius 1 is 1.07 bits per heavy atom. The Hall–Kier alpha value is -3.81. The first kappa shape index (κ1) is 17.6. The number of nitrogens with zero attached hydrogens (tertiary/aromatic N) is 5. The zero-order valence-corrected chi connectivity index (χ0v) is 15.5. The molecule has 1 amide bonds. The van der Waals surface area contributed by atoms with Gasteiger partial charge in [-0.1, -0.05) is 18.2 Å². The van der Waals surface area contributed by atoms with Crippen molar-refractivity contribution in [3.05, 3.63) is 71.5 Å². The van der Waals surface area contributed by atoms with E-state index >= 15 is 0 Å². The Bertz CT molecular complexity index is 1080. The van der Waals surface area contributed by atoms with E-state index in [1.807, 2.05) is 73.1 Å². The highest BCUT2D eigenvalue weighted by Crippen LogP contribution is 2.20. The normalized spacial score (nSPS) is 10.8. The average Bonchev–Trinajstić information content (AvgIpc) is 3.34. The number of carbonyl (C=O) groups excluding carboxylic acids is 1. The molecule has 28 heavy (non-hydrogen) atoms. The molecule has 140 valence electrons. The second kappa shape index (κ2) is 7.43. The zero-order chi connectivity index (χ0) is 19.5. The Kier molecular flexibility index (Phi) is 4.67. The summed E-state index contributed by atoms with van der Waals surface area (Å²) in [5.41, 5.74) is 5.26. The third-order valence-electron chi connectivity index (χ3n) is 4.55. The molecule has 0 saturated heterocycles. The van der Waals surface area contributed by atoms with E-state index in [1.165, 1.54) is 0 Å². The van der Waals surface area contributed by atoms with Crippen molar-refractivity contribution in [1.29, 1.82) is 0 Å². The second-order valence-corrected chi connectivity index (χ2v) is 6.43. The third kappa shape index (κ3) is 3.52. The van der Waals surface area contributed by atoms with Crippen LogP contribution in [0.3, 0.4) is 0 Å². The summed E-state index contributed by atoms with van der Waals surface area (Å²) in [7, 11) is 0. The lowest BCUT2D eigenvalue weighted by Gasteiger charge is -2.07. The lowest BCUT2D eigenvalue weighted by atomic mass is 10.1. The Balaban J connectivity index is 1.48. The first-order valence-electron chi connectivity index (χ1n) is 8.86. The van der Waals surface area contributed by atoms with E-state index in [1.54, 1.807) is 0 Å². The minimum absolute atomic E-state index is 0.0916. The summed E-state index contributed by atoms with van der Waals surface area (Å²) in [5.74, 6) is 0.420. The molecule has 0 aliphatic heterocycles. The van der Waals surface area contributed by atoms with Crippen molar-refractivity contribution in [1.82, 2.24) is 30.4 Å². The van der Waals surface area contributed by atoms with Crippen LogP contribution in [-0.4, -0.2) is 36.3 Å². The maximum absolute atomic E-state index is 12.6. The van der Waals surface area contributed by atoms with Crippen molar-refractivity contribution < 1.29 is 4.79 Å². The number of benzene rings is 2. The molecule has 8 heteroatoms. The molecular weight excluding hydrogens is 354 g/mol. The third-order valence-corrected chi connectivity index (χ3v) is 4.55. The molecule has 0 spiro atoms. The predicted octanol–water partition coefficient (Wildman–Crippen LogP) is 2.85. The monoisotopic (exact) mass is 373 g/mol. The Morgan fingerprint density at radius 3 is 2.50 bits per heavy atom. The van der Waals surface area contributed by atoms with Gasteiger partial charge in [0.1, 0.15) is 0 Å². The molecule has 2 N–H and O–H groups in total. The summed E-state index contributed by atoms with van der Waals surface area (Å²) in [6.45, 7) is 3.91. The van der Waals surface area contributed by atoms with E-state index in [-0.39, 0.29) is 12.3 Å². The Morgan fingerprint density at radius 2 is 1.82 bits per heavy atom. The second-order valence-electron chi connectivity index (χ2n) is 6.43. The van der Waals surface area contributed by atoms with Crippen molar-refractivity contribution in [2.75, 3.05) is 5.32 Å². The number of rotatable bonds is 5. The number of carbonyl (C=O) groups is 1. The van der Waals surface area contributed by atoms with Crippen LogP contribution in [0.2, 0.25) is 0 Å². The molecule has 0 aliphatic rings. The minimum Gasteiger partial charge on any atom is -0.326 e. The van der Waals surface area contributed by atoms with Crippen molar-refractivity contribution in [2.24, 2.45) is 0 Å². The molecule has 0 unspecified atom stereocenters. The van der Waals surface area contributed by atoms with E-state index in [0.29, 0.717) is 11.5 Å². The lowest BCUT2D eigenvalue weighted by Crippen LogP contribution is -2.15. The summed E-state index contributed by atoms with van der Waals surface area (Å²) in [6.07, 6.45) is 0.261. The molecule has 2 heterocycles. The number of aromatic amines is 1. The summed E-state index contributed by atoms with van der Waals surface area (Å²) < 4.78 is 1.87. The van der Waals surface area contributed by atoms with Gasteiger partial charge in [-0.2, -0.15) is 10.3 Å². The maximum atomic E-state index is 12.6. The topological polar surface area (TPSA) is 101 Å². The smallest absolute Gasteiger partial charge is 0.228 e. The van der Waals surface area contributed by atoms with Gasteiger partial charge in [0.15, 0.2) is 0 Å². The van der Waals surface area contributed by atoms with Gasteiger partial charge in [0.25, 0.3) is 0 Å². The van der Waals surface area contributed by atoms with Gasteiger partial charge in [-0.25, -0.2) is 4.68 Å². The maximum Gasteiger partial charge on any atom is 0.228 e. The fourth-order valence-corrected chi connectivity index (χ4v) is 3.10. The fraction of sp³-hybridized carbons (Fsp3) is 0.150. The number of aromatic nitrogens is 6. The van der Waals surface area contributed by atoms with Crippen LogP contribution in [0.25, 0.3) is 17.1 Å². The van der Waals surface area contributed by atoms with E-state index in [0.717, 1.165) is 28.2 Å². The highest BCUT2D eigenvalue weighted by molar-refractivity contribution is 5.92. The van der Waals surface area contributed by atoms with Gasteiger partial charge in [0.05, 0.1) is 17.8 Å². The van der Waals surface area contributed by atoms with Crippen molar-refractivity contribution in [3.63, 3.8) is 0 Å². The molecule has 0 radical (unpaired) electrons. The largest absolute Gasteiger partial charge is 0.326 e. The molecule has 0 fully saturated rings. The number of hydrogen-bond donors (Lipinski definition) is 2. The van der Waals surface area contributed by atoms with Gasteiger partial charge in [0.2, 0.25) is 11.7 Å². The number of nitrogens with one attached hydrogen (secondary N) is 2. The van der Waals surface area contributed by atoms with Crippen LogP contribution < -0.4 is 5.32 Å². The highest BCUT2D eigenvalue weighted by atomic mass is 16.1. The first-order valence-corrected chi connectivity index (χ1v) is 8.86. The van der Waals surface area contributed by atoms with E-state index < -0.39 is 0 Å². The number of anilines is 1. The summed E-state index contributed by atoms with van der Waals surface area (Å²) in [4.78, 5) is 12.6. The molecule has 8 nitrogen and oxygen atoms in total. The van der Waals surface area contributed by atoms with Crippen LogP contribution >= 0.6 is 0 Å². The molecule has 2 aromatic heterocycles.